The first-order valence-electron chi connectivity index (χ1n) is 4.29. The van der Waals surface area contributed by atoms with Crippen LogP contribution in [0.15, 0.2) is 26.1 Å². The highest BCUT2D eigenvalue weighted by atomic mass is 16.2. The second kappa shape index (κ2) is 4.07. The van der Waals surface area contributed by atoms with Crippen LogP contribution in [0.1, 0.15) is 0 Å². The van der Waals surface area contributed by atoms with Gasteiger partial charge in [-0.25, -0.2) is 4.79 Å². The smallest absolute Gasteiger partial charge is 0.301 e. The lowest BCUT2D eigenvalue weighted by atomic mass is 10.5. The molecule has 7 nitrogen and oxygen atoms in total. The lowest BCUT2D eigenvalue weighted by Crippen LogP contribution is -2.36. The van der Waals surface area contributed by atoms with E-state index < -0.39 is 5.56 Å². The molecule has 1 rings (SSSR count). The number of aromatic nitrogens is 2. The number of rotatable bonds is 2. The van der Waals surface area contributed by atoms with Crippen LogP contribution in [-0.4, -0.2) is 28.2 Å². The summed E-state index contributed by atoms with van der Waals surface area (Å²) in [5, 5.41) is 8.89. The van der Waals surface area contributed by atoms with Gasteiger partial charge < -0.3 is 4.57 Å². The first kappa shape index (κ1) is 11.2. The van der Waals surface area contributed by atoms with Gasteiger partial charge in [0.1, 0.15) is 0 Å². The third-order valence-corrected chi connectivity index (χ3v) is 1.76. The summed E-state index contributed by atoms with van der Waals surface area (Å²) in [5.74, 6) is 0. The molecular weight excluding hydrogens is 198 g/mol. The Balaban J connectivity index is 3.34. The van der Waals surface area contributed by atoms with Gasteiger partial charge in [0.15, 0.2) is 5.69 Å². The number of nitrogens with zero attached hydrogens (tertiary/aromatic N) is 5. The molecule has 7 heteroatoms. The van der Waals surface area contributed by atoms with E-state index in [0.717, 1.165) is 4.57 Å². The van der Waals surface area contributed by atoms with Crippen LogP contribution < -0.4 is 11.2 Å². The topological polar surface area (TPSA) is 72.0 Å². The molecule has 0 unspecified atom stereocenters. The zero-order valence-electron chi connectivity index (χ0n) is 9.13. The summed E-state index contributed by atoms with van der Waals surface area (Å²) >= 11 is 0. The fraction of sp³-hybridized carbons (Fsp3) is 0.500. The van der Waals surface area contributed by atoms with Gasteiger partial charge in [-0.15, -0.1) is 5.11 Å². The van der Waals surface area contributed by atoms with Crippen LogP contribution in [0, 0.1) is 0 Å². The highest BCUT2D eigenvalue weighted by molar-refractivity contribution is 5.28. The summed E-state index contributed by atoms with van der Waals surface area (Å²) < 4.78 is 2.27. The molecule has 0 aromatic carbocycles. The van der Waals surface area contributed by atoms with Gasteiger partial charge in [0.25, 0.3) is 5.56 Å². The molecule has 0 N–H and O–H groups in total. The van der Waals surface area contributed by atoms with E-state index >= 15 is 0 Å². The van der Waals surface area contributed by atoms with Crippen LogP contribution in [-0.2, 0) is 14.1 Å². The van der Waals surface area contributed by atoms with E-state index in [1.165, 1.54) is 22.8 Å². The Morgan fingerprint density at radius 3 is 2.40 bits per heavy atom. The molecule has 0 saturated carbocycles. The summed E-state index contributed by atoms with van der Waals surface area (Å²) in [5.41, 5.74) is -0.708. The molecule has 0 spiro atoms. The van der Waals surface area contributed by atoms with Crippen molar-refractivity contribution in [2.24, 2.45) is 24.4 Å². The number of hydrogen-bond donors (Lipinski definition) is 0. The van der Waals surface area contributed by atoms with Crippen molar-refractivity contribution >= 4 is 5.69 Å². The average Bonchev–Trinajstić information content (AvgIpc) is 2.18. The van der Waals surface area contributed by atoms with E-state index in [9.17, 15) is 9.59 Å². The predicted molar refractivity (Wildman–Crippen MR) is 55.1 cm³/mol. The molecule has 0 aliphatic heterocycles. The van der Waals surface area contributed by atoms with Crippen LogP contribution in [0.25, 0.3) is 0 Å². The monoisotopic (exact) mass is 211 g/mol. The van der Waals surface area contributed by atoms with E-state index in [1.54, 1.807) is 21.1 Å². The Labute approximate surface area is 86.3 Å². The molecule has 82 valence electrons. The van der Waals surface area contributed by atoms with Crippen molar-refractivity contribution in [1.29, 1.82) is 0 Å². The molecule has 0 atom stereocenters. The molecule has 0 saturated heterocycles. The highest BCUT2D eigenvalue weighted by Crippen LogP contribution is 2.01. The molecular formula is C8H13N5O2. The third-order valence-electron chi connectivity index (χ3n) is 1.76. The minimum absolute atomic E-state index is 0.133. The second-order valence-electron chi connectivity index (χ2n) is 3.31. The Kier molecular flexibility index (Phi) is 3.03. The molecule has 0 radical (unpaired) electrons. The van der Waals surface area contributed by atoms with Gasteiger partial charge in [0.2, 0.25) is 0 Å². The first-order valence-corrected chi connectivity index (χ1v) is 4.29. The number of aryl methyl sites for hydroxylation is 1. The maximum atomic E-state index is 11.5. The van der Waals surface area contributed by atoms with Crippen molar-refractivity contribution in [3.8, 4) is 0 Å². The fourth-order valence-corrected chi connectivity index (χ4v) is 0.995. The van der Waals surface area contributed by atoms with Crippen molar-refractivity contribution in [1.82, 2.24) is 14.1 Å². The van der Waals surface area contributed by atoms with E-state index in [1.807, 2.05) is 0 Å². The third kappa shape index (κ3) is 2.30. The van der Waals surface area contributed by atoms with Crippen molar-refractivity contribution in [2.75, 3.05) is 14.1 Å². The van der Waals surface area contributed by atoms with E-state index in [0.29, 0.717) is 0 Å². The van der Waals surface area contributed by atoms with Crippen LogP contribution in [0.4, 0.5) is 5.69 Å². The molecule has 1 aromatic rings. The Bertz CT molecular complexity index is 497. The van der Waals surface area contributed by atoms with Crippen LogP contribution >= 0.6 is 0 Å². The summed E-state index contributed by atoms with van der Waals surface area (Å²) in [6.45, 7) is 0. The quantitative estimate of drug-likeness (QED) is 0.495. The zero-order chi connectivity index (χ0) is 11.6. The van der Waals surface area contributed by atoms with E-state index in [2.05, 4.69) is 10.3 Å². The van der Waals surface area contributed by atoms with Gasteiger partial charge in [0, 0.05) is 34.4 Å². The van der Waals surface area contributed by atoms with Crippen molar-refractivity contribution in [3.05, 3.63) is 27.0 Å². The predicted octanol–water partition coefficient (Wildman–Crippen LogP) is -0.356. The molecule has 1 aromatic heterocycles. The summed E-state index contributed by atoms with van der Waals surface area (Å²) in [6, 6.07) is 0. The normalized spacial score (nSPS) is 10.9. The Morgan fingerprint density at radius 1 is 1.27 bits per heavy atom. The second-order valence-corrected chi connectivity index (χ2v) is 3.31. The molecule has 0 aliphatic carbocycles. The van der Waals surface area contributed by atoms with Crippen LogP contribution in [0.5, 0.6) is 0 Å². The van der Waals surface area contributed by atoms with Crippen molar-refractivity contribution in [2.45, 2.75) is 0 Å². The van der Waals surface area contributed by atoms with Crippen LogP contribution in [0.3, 0.4) is 0 Å². The Hall–Kier alpha value is -1.92. The Morgan fingerprint density at radius 2 is 1.87 bits per heavy atom. The zero-order valence-corrected chi connectivity index (χ0v) is 9.13. The SMILES string of the molecule is CN(C)N=Nc1cn(C)c(=O)n(C)c1=O. The minimum atomic E-state index is -0.455. The molecule has 0 amide bonds. The van der Waals surface area contributed by atoms with Gasteiger partial charge in [-0.1, -0.05) is 5.22 Å². The lowest BCUT2D eigenvalue weighted by molar-refractivity contribution is 0.407. The number of hydrogen-bond acceptors (Lipinski definition) is 4. The van der Waals surface area contributed by atoms with E-state index in [4.69, 9.17) is 0 Å². The highest BCUT2D eigenvalue weighted by Gasteiger charge is 2.05. The first-order chi connectivity index (χ1) is 6.93. The van der Waals surface area contributed by atoms with Crippen molar-refractivity contribution < 1.29 is 0 Å². The summed E-state index contributed by atoms with van der Waals surface area (Å²) in [6.07, 6.45) is 1.36. The lowest BCUT2D eigenvalue weighted by Gasteiger charge is -2.03. The molecule has 0 fully saturated rings. The standard InChI is InChI=1S/C8H13N5O2/c1-11(2)10-9-6-5-12(3)8(15)13(4)7(6)14/h5H,1-4H3. The van der Waals surface area contributed by atoms with Gasteiger partial charge in [-0.3, -0.25) is 14.4 Å². The van der Waals surface area contributed by atoms with Gasteiger partial charge in [-0.05, 0) is 0 Å². The molecule has 1 heterocycles. The fourth-order valence-electron chi connectivity index (χ4n) is 0.995. The minimum Gasteiger partial charge on any atom is -0.301 e. The van der Waals surface area contributed by atoms with Gasteiger partial charge in [-0.2, -0.15) is 0 Å². The molecule has 0 aliphatic rings. The maximum Gasteiger partial charge on any atom is 0.330 e. The average molecular weight is 211 g/mol. The van der Waals surface area contributed by atoms with Crippen molar-refractivity contribution in [3.63, 3.8) is 0 Å². The van der Waals surface area contributed by atoms with Crippen LogP contribution in [0.2, 0.25) is 0 Å². The van der Waals surface area contributed by atoms with Gasteiger partial charge in [0.05, 0.1) is 0 Å². The molecule has 15 heavy (non-hydrogen) atoms. The van der Waals surface area contributed by atoms with E-state index in [-0.39, 0.29) is 11.4 Å². The largest absolute Gasteiger partial charge is 0.330 e. The maximum absolute atomic E-state index is 11.5. The summed E-state index contributed by atoms with van der Waals surface area (Å²) in [4.78, 5) is 22.9. The molecule has 0 bridgehead atoms. The van der Waals surface area contributed by atoms with Gasteiger partial charge >= 0.3 is 5.69 Å². The summed E-state index contributed by atoms with van der Waals surface area (Å²) in [7, 11) is 6.34.